The van der Waals surface area contributed by atoms with Crippen molar-refractivity contribution in [2.45, 2.75) is 71.8 Å². The molecule has 1 rings (SSSR count). The molecular weight excluding hydrogens is 232 g/mol. The summed E-state index contributed by atoms with van der Waals surface area (Å²) in [5, 5.41) is 3.68. The fourth-order valence-electron chi connectivity index (χ4n) is 2.41. The van der Waals surface area contributed by atoms with E-state index in [2.05, 4.69) is 37.1 Å². The topological polar surface area (TPSA) is 24.9 Å². The Morgan fingerprint density at radius 1 is 1.16 bits per heavy atom. The zero-order chi connectivity index (χ0) is 13.9. The lowest BCUT2D eigenvalue weighted by molar-refractivity contribution is 0.449. The van der Waals surface area contributed by atoms with Crippen LogP contribution in [0.1, 0.15) is 63.6 Å². The van der Waals surface area contributed by atoms with Gasteiger partial charge in [0, 0.05) is 24.4 Å². The summed E-state index contributed by atoms with van der Waals surface area (Å²) in [5.74, 6) is 0. The number of nitrogens with one attached hydrogen (secondary N) is 1. The van der Waals surface area contributed by atoms with Crippen molar-refractivity contribution in [3.05, 3.63) is 29.6 Å². The highest BCUT2D eigenvalue weighted by Crippen LogP contribution is 2.12. The van der Waals surface area contributed by atoms with Crippen LogP contribution in [-0.2, 0) is 6.42 Å². The van der Waals surface area contributed by atoms with Crippen molar-refractivity contribution < 1.29 is 0 Å². The fraction of sp³-hybridized carbons (Fsp3) is 0.706. The van der Waals surface area contributed by atoms with E-state index in [0.29, 0.717) is 6.04 Å². The number of aryl methyl sites for hydroxylation is 1. The van der Waals surface area contributed by atoms with Gasteiger partial charge in [-0.05, 0) is 37.9 Å². The molecule has 2 nitrogen and oxygen atoms in total. The van der Waals surface area contributed by atoms with Crippen LogP contribution >= 0.6 is 0 Å². The van der Waals surface area contributed by atoms with Gasteiger partial charge >= 0.3 is 0 Å². The third-order valence-electron chi connectivity index (χ3n) is 3.65. The van der Waals surface area contributed by atoms with Gasteiger partial charge in [0.25, 0.3) is 0 Å². The summed E-state index contributed by atoms with van der Waals surface area (Å²) in [6, 6.07) is 4.77. The van der Waals surface area contributed by atoms with E-state index < -0.39 is 0 Å². The highest BCUT2D eigenvalue weighted by atomic mass is 14.9. The second-order valence-electron chi connectivity index (χ2n) is 5.47. The van der Waals surface area contributed by atoms with Gasteiger partial charge in [-0.1, -0.05) is 45.6 Å². The van der Waals surface area contributed by atoms with E-state index in [9.17, 15) is 0 Å². The molecule has 0 saturated heterocycles. The number of nitrogens with zero attached hydrogens (tertiary/aromatic N) is 1. The SMILES string of the molecule is CCCCCCC(Cc1ncccc1C)NCCC. The highest BCUT2D eigenvalue weighted by molar-refractivity contribution is 5.18. The highest BCUT2D eigenvalue weighted by Gasteiger charge is 2.10. The molecule has 108 valence electrons. The quantitative estimate of drug-likeness (QED) is 0.637. The molecule has 1 atom stereocenters. The van der Waals surface area contributed by atoms with Gasteiger partial charge in [-0.15, -0.1) is 0 Å². The summed E-state index contributed by atoms with van der Waals surface area (Å²) in [6.45, 7) is 7.78. The summed E-state index contributed by atoms with van der Waals surface area (Å²) in [5.41, 5.74) is 2.57. The molecule has 0 bridgehead atoms. The Labute approximate surface area is 119 Å². The normalized spacial score (nSPS) is 12.6. The lowest BCUT2D eigenvalue weighted by Gasteiger charge is -2.19. The lowest BCUT2D eigenvalue weighted by atomic mass is 10.0. The molecule has 2 heteroatoms. The first-order valence-corrected chi connectivity index (χ1v) is 7.91. The van der Waals surface area contributed by atoms with E-state index in [1.165, 1.54) is 49.8 Å². The summed E-state index contributed by atoms with van der Waals surface area (Å²) in [4.78, 5) is 4.53. The van der Waals surface area contributed by atoms with Gasteiger partial charge in [-0.2, -0.15) is 0 Å². The van der Waals surface area contributed by atoms with Gasteiger partial charge in [-0.25, -0.2) is 0 Å². The number of pyridine rings is 1. The van der Waals surface area contributed by atoms with Crippen LogP contribution in [0.25, 0.3) is 0 Å². The summed E-state index contributed by atoms with van der Waals surface area (Å²) in [6.07, 6.45) is 10.8. The van der Waals surface area contributed by atoms with Crippen LogP contribution in [0.3, 0.4) is 0 Å². The molecule has 1 unspecified atom stereocenters. The van der Waals surface area contributed by atoms with E-state index in [4.69, 9.17) is 0 Å². The predicted octanol–water partition coefficient (Wildman–Crippen LogP) is 4.27. The van der Waals surface area contributed by atoms with Crippen molar-refractivity contribution in [3.8, 4) is 0 Å². The monoisotopic (exact) mass is 262 g/mol. The second-order valence-corrected chi connectivity index (χ2v) is 5.47. The van der Waals surface area contributed by atoms with Gasteiger partial charge in [0.05, 0.1) is 0 Å². The molecule has 0 fully saturated rings. The molecule has 0 saturated carbocycles. The van der Waals surface area contributed by atoms with E-state index in [-0.39, 0.29) is 0 Å². The first-order valence-electron chi connectivity index (χ1n) is 7.91. The molecule has 19 heavy (non-hydrogen) atoms. The maximum absolute atomic E-state index is 4.53. The predicted molar refractivity (Wildman–Crippen MR) is 83.5 cm³/mol. The van der Waals surface area contributed by atoms with Crippen molar-refractivity contribution in [2.24, 2.45) is 0 Å². The molecule has 0 spiro atoms. The van der Waals surface area contributed by atoms with Crippen LogP contribution in [0.5, 0.6) is 0 Å². The second kappa shape index (κ2) is 9.96. The van der Waals surface area contributed by atoms with E-state index >= 15 is 0 Å². The van der Waals surface area contributed by atoms with Gasteiger partial charge in [-0.3, -0.25) is 4.98 Å². The van der Waals surface area contributed by atoms with Gasteiger partial charge < -0.3 is 5.32 Å². The first-order chi connectivity index (χ1) is 9.27. The maximum atomic E-state index is 4.53. The molecule has 0 aliphatic heterocycles. The molecular formula is C17H30N2. The smallest absolute Gasteiger partial charge is 0.0448 e. The van der Waals surface area contributed by atoms with E-state index in [1.807, 2.05) is 12.3 Å². The Hall–Kier alpha value is -0.890. The average Bonchev–Trinajstić information content (AvgIpc) is 2.43. The van der Waals surface area contributed by atoms with Crippen LogP contribution in [-0.4, -0.2) is 17.6 Å². The summed E-state index contributed by atoms with van der Waals surface area (Å²) >= 11 is 0. The molecule has 1 aromatic heterocycles. The molecule has 0 aliphatic rings. The summed E-state index contributed by atoms with van der Waals surface area (Å²) < 4.78 is 0. The first kappa shape index (κ1) is 16.2. The molecule has 0 aliphatic carbocycles. The standard InChI is InChI=1S/C17H30N2/c1-4-6-7-8-11-16(18-12-5-2)14-17-15(3)10-9-13-19-17/h9-10,13,16,18H,4-8,11-12,14H2,1-3H3. The molecule has 1 heterocycles. The molecule has 1 aromatic rings. The fourth-order valence-corrected chi connectivity index (χ4v) is 2.41. The number of hydrogen-bond acceptors (Lipinski definition) is 2. The van der Waals surface area contributed by atoms with Crippen LogP contribution in [0.15, 0.2) is 18.3 Å². The van der Waals surface area contributed by atoms with Gasteiger partial charge in [0.2, 0.25) is 0 Å². The average molecular weight is 262 g/mol. The Balaban J connectivity index is 2.46. The summed E-state index contributed by atoms with van der Waals surface area (Å²) in [7, 11) is 0. The maximum Gasteiger partial charge on any atom is 0.0448 e. The van der Waals surface area contributed by atoms with Gasteiger partial charge in [0.1, 0.15) is 0 Å². The number of hydrogen-bond donors (Lipinski definition) is 1. The molecule has 0 aromatic carbocycles. The molecule has 0 radical (unpaired) electrons. The van der Waals surface area contributed by atoms with E-state index in [0.717, 1.165) is 13.0 Å². The van der Waals surface area contributed by atoms with Crippen LogP contribution in [0.4, 0.5) is 0 Å². The number of aromatic nitrogens is 1. The van der Waals surface area contributed by atoms with Crippen molar-refractivity contribution in [1.29, 1.82) is 0 Å². The third kappa shape index (κ3) is 6.72. The zero-order valence-electron chi connectivity index (χ0n) is 12.9. The lowest BCUT2D eigenvalue weighted by Crippen LogP contribution is -2.32. The third-order valence-corrected chi connectivity index (χ3v) is 3.65. The minimum Gasteiger partial charge on any atom is -0.314 e. The Morgan fingerprint density at radius 2 is 2.00 bits per heavy atom. The van der Waals surface area contributed by atoms with Crippen LogP contribution in [0.2, 0.25) is 0 Å². The van der Waals surface area contributed by atoms with E-state index in [1.54, 1.807) is 0 Å². The zero-order valence-corrected chi connectivity index (χ0v) is 12.9. The Morgan fingerprint density at radius 3 is 2.68 bits per heavy atom. The van der Waals surface area contributed by atoms with Crippen molar-refractivity contribution >= 4 is 0 Å². The van der Waals surface area contributed by atoms with Crippen molar-refractivity contribution in [2.75, 3.05) is 6.54 Å². The number of rotatable bonds is 10. The van der Waals surface area contributed by atoms with Crippen molar-refractivity contribution in [1.82, 2.24) is 10.3 Å². The molecule has 1 N–H and O–H groups in total. The molecule has 0 amide bonds. The van der Waals surface area contributed by atoms with Crippen molar-refractivity contribution in [3.63, 3.8) is 0 Å². The van der Waals surface area contributed by atoms with Crippen LogP contribution in [0, 0.1) is 6.92 Å². The minimum atomic E-state index is 0.588. The largest absolute Gasteiger partial charge is 0.314 e. The van der Waals surface area contributed by atoms with Crippen LogP contribution < -0.4 is 5.32 Å². The Bertz CT molecular complexity index is 336. The minimum absolute atomic E-state index is 0.588. The Kier molecular flexibility index (Phi) is 8.48. The van der Waals surface area contributed by atoms with Gasteiger partial charge in [0.15, 0.2) is 0 Å². The number of unbranched alkanes of at least 4 members (excludes halogenated alkanes) is 3.